The van der Waals surface area contributed by atoms with E-state index in [-0.39, 0.29) is 6.17 Å². The average Bonchev–Trinajstić information content (AvgIpc) is 1.91. The fraction of sp³-hybridized carbons (Fsp3) is 0.333. The van der Waals surface area contributed by atoms with Gasteiger partial charge in [-0.2, -0.15) is 0 Å². The van der Waals surface area contributed by atoms with Gasteiger partial charge >= 0.3 is 0 Å². The Morgan fingerprint density at radius 3 is 3.00 bits per heavy atom. The fourth-order valence-corrected chi connectivity index (χ4v) is 0.700. The third-order valence-electron chi connectivity index (χ3n) is 1.12. The smallest absolute Gasteiger partial charge is 0.0969 e. The summed E-state index contributed by atoms with van der Waals surface area (Å²) in [5, 5.41) is 6.07. The summed E-state index contributed by atoms with van der Waals surface area (Å²) >= 11 is 0. The quantitative estimate of drug-likeness (QED) is 0.436. The summed E-state index contributed by atoms with van der Waals surface area (Å²) in [6.07, 6.45) is 8.01. The molecule has 0 bridgehead atoms. The zero-order valence-electron chi connectivity index (χ0n) is 5.17. The van der Waals surface area contributed by atoms with Crippen LogP contribution < -0.4 is 16.4 Å². The first-order valence-corrected chi connectivity index (χ1v) is 2.96. The molecule has 0 fully saturated rings. The highest BCUT2D eigenvalue weighted by molar-refractivity contribution is 5.10. The first-order valence-electron chi connectivity index (χ1n) is 2.96. The molecule has 0 spiro atoms. The number of dihydropyridines is 1. The van der Waals surface area contributed by atoms with Gasteiger partial charge in [-0.3, -0.25) is 5.32 Å². The van der Waals surface area contributed by atoms with E-state index in [9.17, 15) is 0 Å². The molecule has 1 aliphatic rings. The van der Waals surface area contributed by atoms with Crippen molar-refractivity contribution in [2.75, 3.05) is 6.67 Å². The number of hydrogen-bond donors (Lipinski definition) is 3. The third-order valence-corrected chi connectivity index (χ3v) is 1.12. The van der Waals surface area contributed by atoms with Crippen LogP contribution in [0, 0.1) is 0 Å². The SMILES string of the molecule is NCNC1C=CC=CN1. The van der Waals surface area contributed by atoms with Gasteiger partial charge < -0.3 is 11.1 Å². The summed E-state index contributed by atoms with van der Waals surface area (Å²) in [5.41, 5.74) is 5.25. The van der Waals surface area contributed by atoms with E-state index < -0.39 is 0 Å². The lowest BCUT2D eigenvalue weighted by Gasteiger charge is -2.15. The Bertz CT molecular complexity index is 128. The first-order chi connectivity index (χ1) is 4.43. The molecule has 0 aliphatic carbocycles. The van der Waals surface area contributed by atoms with Crippen molar-refractivity contribution in [2.24, 2.45) is 5.73 Å². The second kappa shape index (κ2) is 3.27. The maximum atomic E-state index is 5.25. The molecule has 1 atom stereocenters. The Morgan fingerprint density at radius 1 is 1.56 bits per heavy atom. The van der Waals surface area contributed by atoms with Crippen LogP contribution in [0.1, 0.15) is 0 Å². The van der Waals surface area contributed by atoms with Crippen LogP contribution in [0.5, 0.6) is 0 Å². The summed E-state index contributed by atoms with van der Waals surface area (Å²) in [7, 11) is 0. The molecule has 0 aromatic heterocycles. The fourth-order valence-electron chi connectivity index (χ4n) is 0.700. The normalized spacial score (nSPS) is 23.9. The van der Waals surface area contributed by atoms with Crippen LogP contribution >= 0.6 is 0 Å². The molecule has 1 unspecified atom stereocenters. The Hall–Kier alpha value is -0.800. The van der Waals surface area contributed by atoms with Gasteiger partial charge in [0.2, 0.25) is 0 Å². The second-order valence-electron chi connectivity index (χ2n) is 1.80. The minimum Gasteiger partial charge on any atom is -0.372 e. The monoisotopic (exact) mass is 125 g/mol. The van der Waals surface area contributed by atoms with Crippen molar-refractivity contribution in [3.63, 3.8) is 0 Å². The van der Waals surface area contributed by atoms with Crippen molar-refractivity contribution < 1.29 is 0 Å². The van der Waals surface area contributed by atoms with Crippen molar-refractivity contribution in [3.8, 4) is 0 Å². The molecule has 0 radical (unpaired) electrons. The molecule has 0 amide bonds. The van der Waals surface area contributed by atoms with Gasteiger partial charge in [-0.25, -0.2) is 0 Å². The van der Waals surface area contributed by atoms with Crippen LogP contribution in [-0.2, 0) is 0 Å². The molecular formula is C6H11N3. The molecule has 50 valence electrons. The summed E-state index contributed by atoms with van der Waals surface area (Å²) in [6, 6.07) is 0. The van der Waals surface area contributed by atoms with E-state index in [0.29, 0.717) is 6.67 Å². The van der Waals surface area contributed by atoms with Crippen molar-refractivity contribution in [3.05, 3.63) is 24.4 Å². The van der Waals surface area contributed by atoms with Crippen LogP contribution in [-0.4, -0.2) is 12.8 Å². The van der Waals surface area contributed by atoms with E-state index in [1.54, 1.807) is 0 Å². The topological polar surface area (TPSA) is 50.1 Å². The maximum Gasteiger partial charge on any atom is 0.0969 e. The molecule has 4 N–H and O–H groups in total. The third kappa shape index (κ3) is 1.87. The largest absolute Gasteiger partial charge is 0.372 e. The average molecular weight is 125 g/mol. The lowest BCUT2D eigenvalue weighted by atomic mass is 10.3. The zero-order chi connectivity index (χ0) is 6.53. The molecule has 3 heteroatoms. The molecule has 3 nitrogen and oxygen atoms in total. The van der Waals surface area contributed by atoms with Gasteiger partial charge in [0, 0.05) is 6.67 Å². The molecule has 0 aromatic rings. The number of allylic oxidation sites excluding steroid dienone is 2. The van der Waals surface area contributed by atoms with Gasteiger partial charge in [0.05, 0.1) is 6.17 Å². The van der Waals surface area contributed by atoms with E-state index in [0.717, 1.165) is 0 Å². The molecular weight excluding hydrogens is 114 g/mol. The van der Waals surface area contributed by atoms with E-state index >= 15 is 0 Å². The molecule has 1 rings (SSSR count). The standard InChI is InChI=1S/C6H11N3/c7-5-9-6-3-1-2-4-8-6/h1-4,6,8-9H,5,7H2. The number of nitrogens with two attached hydrogens (primary N) is 1. The lowest BCUT2D eigenvalue weighted by molar-refractivity contribution is 0.557. The van der Waals surface area contributed by atoms with Gasteiger partial charge in [0.1, 0.15) is 0 Å². The molecule has 9 heavy (non-hydrogen) atoms. The van der Waals surface area contributed by atoms with Crippen LogP contribution in [0.4, 0.5) is 0 Å². The van der Waals surface area contributed by atoms with Crippen molar-refractivity contribution in [1.82, 2.24) is 10.6 Å². The summed E-state index contributed by atoms with van der Waals surface area (Å²) in [6.45, 7) is 0.496. The van der Waals surface area contributed by atoms with Gasteiger partial charge in [0.15, 0.2) is 0 Å². The Kier molecular flexibility index (Phi) is 2.30. The van der Waals surface area contributed by atoms with Gasteiger partial charge in [0.25, 0.3) is 0 Å². The van der Waals surface area contributed by atoms with E-state index in [4.69, 9.17) is 5.73 Å². The predicted octanol–water partition coefficient (Wildman–Crippen LogP) is -0.509. The summed E-state index contributed by atoms with van der Waals surface area (Å²) in [4.78, 5) is 0. The van der Waals surface area contributed by atoms with E-state index in [1.807, 2.05) is 24.4 Å². The second-order valence-corrected chi connectivity index (χ2v) is 1.80. The molecule has 1 heterocycles. The maximum absolute atomic E-state index is 5.25. The molecule has 1 aliphatic heterocycles. The van der Waals surface area contributed by atoms with Crippen molar-refractivity contribution in [1.29, 1.82) is 0 Å². The molecule has 0 saturated carbocycles. The number of rotatable bonds is 2. The summed E-state index contributed by atoms with van der Waals surface area (Å²) < 4.78 is 0. The molecule has 0 aromatic carbocycles. The Morgan fingerprint density at radius 2 is 2.44 bits per heavy atom. The van der Waals surface area contributed by atoms with Crippen LogP contribution in [0.25, 0.3) is 0 Å². The van der Waals surface area contributed by atoms with Gasteiger partial charge in [-0.05, 0) is 18.4 Å². The van der Waals surface area contributed by atoms with Crippen LogP contribution in [0.2, 0.25) is 0 Å². The van der Waals surface area contributed by atoms with E-state index in [2.05, 4.69) is 10.6 Å². The number of hydrogen-bond acceptors (Lipinski definition) is 3. The van der Waals surface area contributed by atoms with E-state index in [1.165, 1.54) is 0 Å². The number of nitrogens with one attached hydrogen (secondary N) is 2. The van der Waals surface area contributed by atoms with Gasteiger partial charge in [-0.15, -0.1) is 0 Å². The highest BCUT2D eigenvalue weighted by Gasteiger charge is 1.98. The van der Waals surface area contributed by atoms with Crippen LogP contribution in [0.3, 0.4) is 0 Å². The van der Waals surface area contributed by atoms with Crippen molar-refractivity contribution >= 4 is 0 Å². The Labute approximate surface area is 54.6 Å². The first kappa shape index (κ1) is 6.32. The summed E-state index contributed by atoms with van der Waals surface area (Å²) in [5.74, 6) is 0. The molecule has 0 saturated heterocycles. The Balaban J connectivity index is 2.28. The van der Waals surface area contributed by atoms with Crippen LogP contribution in [0.15, 0.2) is 24.4 Å². The highest BCUT2D eigenvalue weighted by atomic mass is 15.1. The highest BCUT2D eigenvalue weighted by Crippen LogP contribution is 1.88. The minimum atomic E-state index is 0.208. The zero-order valence-corrected chi connectivity index (χ0v) is 5.17. The predicted molar refractivity (Wildman–Crippen MR) is 37.4 cm³/mol. The lowest BCUT2D eigenvalue weighted by Crippen LogP contribution is -2.41. The van der Waals surface area contributed by atoms with Crippen molar-refractivity contribution in [2.45, 2.75) is 6.17 Å². The van der Waals surface area contributed by atoms with Gasteiger partial charge in [-0.1, -0.05) is 6.08 Å². The minimum absolute atomic E-state index is 0.208.